The lowest BCUT2D eigenvalue weighted by molar-refractivity contribution is -0.385. The highest BCUT2D eigenvalue weighted by Crippen LogP contribution is 2.35. The molecular formula is C12H4Br6N2O4. The highest BCUT2D eigenvalue weighted by Gasteiger charge is 2.12. The lowest BCUT2D eigenvalue weighted by atomic mass is 10.3. The van der Waals surface area contributed by atoms with Crippen LogP contribution in [-0.2, 0) is 0 Å². The number of nitro benzene ring substituents is 2. The van der Waals surface area contributed by atoms with Gasteiger partial charge in [0.25, 0.3) is 11.4 Å². The highest BCUT2D eigenvalue weighted by molar-refractivity contribution is 9.15. The number of non-ortho nitro benzene ring substituents is 2. The zero-order chi connectivity index (χ0) is 18.6. The number of hydrogen-bond donors (Lipinski definition) is 0. The van der Waals surface area contributed by atoms with E-state index in [2.05, 4.69) is 95.6 Å². The van der Waals surface area contributed by atoms with Crippen LogP contribution < -0.4 is 0 Å². The van der Waals surface area contributed by atoms with Crippen LogP contribution in [0.25, 0.3) is 0 Å². The second-order valence-corrected chi connectivity index (χ2v) is 8.96. The standard InChI is InChI=1S/2C6H2Br3NO2/c2*7-4-1-3(10(11)12)2-5(8)6(4)9/h2*1-2H. The van der Waals surface area contributed by atoms with Crippen molar-refractivity contribution in [1.82, 2.24) is 0 Å². The topological polar surface area (TPSA) is 86.3 Å². The van der Waals surface area contributed by atoms with Crippen LogP contribution in [0.2, 0.25) is 0 Å². The Balaban J connectivity index is 0.000000240. The molecule has 2 aromatic carbocycles. The fourth-order valence-corrected chi connectivity index (χ4v) is 4.08. The van der Waals surface area contributed by atoms with Gasteiger partial charge in [-0.05, 0) is 95.6 Å². The Morgan fingerprint density at radius 2 is 0.792 bits per heavy atom. The molecule has 0 N–H and O–H groups in total. The summed E-state index contributed by atoms with van der Waals surface area (Å²) >= 11 is 19.2. The van der Waals surface area contributed by atoms with Crippen molar-refractivity contribution in [3.8, 4) is 0 Å². The van der Waals surface area contributed by atoms with Gasteiger partial charge in [-0.3, -0.25) is 20.2 Å². The van der Waals surface area contributed by atoms with Gasteiger partial charge in [-0.15, -0.1) is 0 Å². The monoisotopic (exact) mass is 714 g/mol. The molecule has 128 valence electrons. The number of nitrogens with zero attached hydrogens (tertiary/aromatic N) is 2. The molecule has 0 radical (unpaired) electrons. The lowest BCUT2D eigenvalue weighted by Gasteiger charge is -1.98. The van der Waals surface area contributed by atoms with Crippen LogP contribution in [0.1, 0.15) is 0 Å². The maximum absolute atomic E-state index is 10.4. The molecule has 24 heavy (non-hydrogen) atoms. The summed E-state index contributed by atoms with van der Waals surface area (Å²) in [5.41, 5.74) is 0.105. The van der Waals surface area contributed by atoms with Crippen LogP contribution in [0.15, 0.2) is 51.1 Å². The fraction of sp³-hybridized carbons (Fsp3) is 0. The molecule has 0 aliphatic heterocycles. The van der Waals surface area contributed by atoms with Crippen molar-refractivity contribution in [1.29, 1.82) is 0 Å². The third-order valence-electron chi connectivity index (χ3n) is 2.36. The average molecular weight is 720 g/mol. The van der Waals surface area contributed by atoms with Gasteiger partial charge < -0.3 is 0 Å². The van der Waals surface area contributed by atoms with Crippen LogP contribution in [0.5, 0.6) is 0 Å². The summed E-state index contributed by atoms with van der Waals surface area (Å²) in [6, 6.07) is 5.76. The van der Waals surface area contributed by atoms with E-state index in [0.29, 0.717) is 17.9 Å². The molecule has 0 saturated heterocycles. The molecule has 0 fully saturated rings. The minimum absolute atomic E-state index is 0.0527. The molecule has 0 unspecified atom stereocenters. The number of hydrogen-bond acceptors (Lipinski definition) is 4. The largest absolute Gasteiger partial charge is 0.271 e. The predicted octanol–water partition coefficient (Wildman–Crippen LogP) is 7.76. The molecule has 0 atom stereocenters. The molecule has 2 rings (SSSR count). The van der Waals surface area contributed by atoms with Gasteiger partial charge in [0.2, 0.25) is 0 Å². The normalized spacial score (nSPS) is 9.92. The van der Waals surface area contributed by atoms with E-state index in [0.717, 1.165) is 8.95 Å². The molecule has 6 nitrogen and oxygen atoms in total. The Bertz CT molecular complexity index is 701. The van der Waals surface area contributed by atoms with Crippen molar-refractivity contribution in [3.05, 3.63) is 71.3 Å². The third-order valence-corrected chi connectivity index (χ3v) is 8.70. The smallest absolute Gasteiger partial charge is 0.258 e. The van der Waals surface area contributed by atoms with Crippen LogP contribution in [0.3, 0.4) is 0 Å². The van der Waals surface area contributed by atoms with E-state index in [9.17, 15) is 20.2 Å². The minimum Gasteiger partial charge on any atom is -0.258 e. The Morgan fingerprint density at radius 1 is 0.583 bits per heavy atom. The van der Waals surface area contributed by atoms with Crippen molar-refractivity contribution in [2.75, 3.05) is 0 Å². The molecule has 0 bridgehead atoms. The van der Waals surface area contributed by atoms with Gasteiger partial charge in [-0.25, -0.2) is 0 Å². The van der Waals surface area contributed by atoms with Gasteiger partial charge in [-0.1, -0.05) is 0 Å². The molecule has 12 heteroatoms. The Kier molecular flexibility index (Phi) is 8.97. The first kappa shape index (κ1) is 22.2. The van der Waals surface area contributed by atoms with Gasteiger partial charge >= 0.3 is 0 Å². The van der Waals surface area contributed by atoms with E-state index in [1.165, 1.54) is 24.3 Å². The molecule has 0 saturated carbocycles. The van der Waals surface area contributed by atoms with E-state index in [-0.39, 0.29) is 11.4 Å². The molecule has 0 amide bonds. The molecule has 0 aromatic heterocycles. The SMILES string of the molecule is O=[N+]([O-])c1cc(Br)c(Br)c(Br)c1.O=[N+]([O-])c1cc(Br)c(Br)c(Br)c1. The van der Waals surface area contributed by atoms with Crippen LogP contribution in [0, 0.1) is 20.2 Å². The van der Waals surface area contributed by atoms with Crippen LogP contribution in [0.4, 0.5) is 11.4 Å². The summed E-state index contributed by atoms with van der Waals surface area (Å²) in [7, 11) is 0. The van der Waals surface area contributed by atoms with Crippen molar-refractivity contribution in [2.24, 2.45) is 0 Å². The quantitative estimate of drug-likeness (QED) is 0.181. The van der Waals surface area contributed by atoms with Crippen molar-refractivity contribution >= 4 is 107 Å². The summed E-state index contributed by atoms with van der Waals surface area (Å²) in [6.07, 6.45) is 0. The molecule has 0 heterocycles. The highest BCUT2D eigenvalue weighted by atomic mass is 79.9. The summed E-state index contributed by atoms with van der Waals surface area (Å²) in [5, 5.41) is 20.7. The van der Waals surface area contributed by atoms with E-state index in [4.69, 9.17) is 0 Å². The minimum atomic E-state index is -0.442. The molecule has 2 aromatic rings. The van der Waals surface area contributed by atoms with Gasteiger partial charge in [0.1, 0.15) is 0 Å². The zero-order valence-corrected chi connectivity index (χ0v) is 20.6. The average Bonchev–Trinajstić information content (AvgIpc) is 2.49. The van der Waals surface area contributed by atoms with Crippen molar-refractivity contribution in [3.63, 3.8) is 0 Å². The second kappa shape index (κ2) is 9.72. The molecule has 0 aliphatic carbocycles. The second-order valence-electron chi connectivity index (χ2n) is 3.96. The number of halogens is 6. The lowest BCUT2D eigenvalue weighted by Crippen LogP contribution is -1.88. The Hall–Kier alpha value is 0.120. The third kappa shape index (κ3) is 6.13. The molecular weight excluding hydrogens is 716 g/mol. The van der Waals surface area contributed by atoms with Gasteiger partial charge in [0.15, 0.2) is 0 Å². The van der Waals surface area contributed by atoms with Gasteiger partial charge in [0, 0.05) is 51.1 Å². The van der Waals surface area contributed by atoms with E-state index < -0.39 is 9.85 Å². The first-order chi connectivity index (χ1) is 11.0. The fourth-order valence-electron chi connectivity index (χ4n) is 1.30. The number of nitro groups is 2. The van der Waals surface area contributed by atoms with E-state index >= 15 is 0 Å². The zero-order valence-electron chi connectivity index (χ0n) is 11.1. The van der Waals surface area contributed by atoms with Gasteiger partial charge in [0.05, 0.1) is 9.85 Å². The maximum atomic E-state index is 10.4. The van der Waals surface area contributed by atoms with Crippen LogP contribution in [-0.4, -0.2) is 9.85 Å². The van der Waals surface area contributed by atoms with Crippen LogP contribution >= 0.6 is 95.6 Å². The first-order valence-electron chi connectivity index (χ1n) is 5.62. The number of benzene rings is 2. The summed E-state index contributed by atoms with van der Waals surface area (Å²) < 4.78 is 4.17. The molecule has 0 aliphatic rings. The predicted molar refractivity (Wildman–Crippen MR) is 112 cm³/mol. The summed E-state index contributed by atoms with van der Waals surface area (Å²) in [5.74, 6) is 0. The maximum Gasteiger partial charge on any atom is 0.271 e. The summed E-state index contributed by atoms with van der Waals surface area (Å²) in [6.45, 7) is 0. The first-order valence-corrected chi connectivity index (χ1v) is 10.4. The van der Waals surface area contributed by atoms with Crippen molar-refractivity contribution < 1.29 is 9.85 Å². The van der Waals surface area contributed by atoms with E-state index in [1.807, 2.05) is 0 Å². The van der Waals surface area contributed by atoms with Gasteiger partial charge in [-0.2, -0.15) is 0 Å². The Morgan fingerprint density at radius 3 is 0.958 bits per heavy atom. The number of rotatable bonds is 2. The Labute approximate surface area is 186 Å². The van der Waals surface area contributed by atoms with E-state index in [1.54, 1.807) is 0 Å². The summed E-state index contributed by atoms with van der Waals surface area (Å²) in [4.78, 5) is 19.8. The molecule has 0 spiro atoms. The van der Waals surface area contributed by atoms with Crippen molar-refractivity contribution in [2.45, 2.75) is 0 Å².